The highest BCUT2D eigenvalue weighted by atomic mass is 16.5. The Labute approximate surface area is 227 Å². The first kappa shape index (κ1) is 25.0. The Morgan fingerprint density at radius 3 is 2.10 bits per heavy atom. The first-order valence-corrected chi connectivity index (χ1v) is 13.0. The van der Waals surface area contributed by atoms with Gasteiger partial charge >= 0.3 is 0 Å². The number of rotatable bonds is 4. The Morgan fingerprint density at radius 2 is 1.49 bits per heavy atom. The Morgan fingerprint density at radius 1 is 0.872 bits per heavy atom. The number of methoxy groups -OCH3 is 2. The number of carbonyl (C=O) groups excluding carboxylic acids is 3. The first-order valence-electron chi connectivity index (χ1n) is 13.0. The second-order valence-electron chi connectivity index (χ2n) is 11.4. The van der Waals surface area contributed by atoms with Crippen LogP contribution in [-0.2, 0) is 4.79 Å². The van der Waals surface area contributed by atoms with E-state index in [9.17, 15) is 14.4 Å². The van der Waals surface area contributed by atoms with Gasteiger partial charge in [0.1, 0.15) is 11.5 Å². The molecule has 3 unspecified atom stereocenters. The number of hydrogen-bond donors (Lipinski definition) is 0. The molecule has 0 bridgehead atoms. The van der Waals surface area contributed by atoms with E-state index in [-0.39, 0.29) is 17.3 Å². The molecule has 0 aromatic heterocycles. The predicted molar refractivity (Wildman–Crippen MR) is 147 cm³/mol. The van der Waals surface area contributed by atoms with Crippen LogP contribution in [0.2, 0.25) is 0 Å². The maximum atomic E-state index is 14.7. The lowest BCUT2D eigenvalue weighted by Gasteiger charge is -2.36. The van der Waals surface area contributed by atoms with Gasteiger partial charge in [0, 0.05) is 22.5 Å². The van der Waals surface area contributed by atoms with Crippen molar-refractivity contribution >= 4 is 23.6 Å². The fraction of sp³-hybridized carbons (Fsp3) is 0.312. The molecule has 6 rings (SSSR count). The van der Waals surface area contributed by atoms with Crippen LogP contribution in [0.1, 0.15) is 70.1 Å². The molecule has 7 heteroatoms. The summed E-state index contributed by atoms with van der Waals surface area (Å²) in [5.74, 6) is -0.526. The Kier molecular flexibility index (Phi) is 5.54. The highest BCUT2D eigenvalue weighted by molar-refractivity contribution is 6.31. The molecule has 39 heavy (non-hydrogen) atoms. The first-order chi connectivity index (χ1) is 18.7. The normalized spacial score (nSPS) is 22.5. The molecule has 1 saturated heterocycles. The zero-order valence-corrected chi connectivity index (χ0v) is 22.6. The van der Waals surface area contributed by atoms with Crippen LogP contribution >= 0.6 is 0 Å². The molecule has 0 saturated carbocycles. The van der Waals surface area contributed by atoms with Crippen LogP contribution in [0.15, 0.2) is 71.8 Å². The van der Waals surface area contributed by atoms with Crippen LogP contribution in [0, 0.1) is 10.8 Å². The minimum absolute atomic E-state index is 0.0998. The van der Waals surface area contributed by atoms with Crippen LogP contribution in [0.25, 0.3) is 0 Å². The molecule has 0 radical (unpaired) electrons. The molecule has 3 aliphatic rings. The molecule has 3 atom stereocenters. The third-order valence-corrected chi connectivity index (χ3v) is 8.35. The van der Waals surface area contributed by atoms with Crippen molar-refractivity contribution in [1.29, 1.82) is 0 Å². The monoisotopic (exact) mass is 522 g/mol. The zero-order chi connectivity index (χ0) is 27.7. The Hall–Kier alpha value is -4.26. The van der Waals surface area contributed by atoms with Crippen molar-refractivity contribution in [3.8, 4) is 11.5 Å². The molecule has 1 fully saturated rings. The quantitative estimate of drug-likeness (QED) is 0.436. The van der Waals surface area contributed by atoms with Gasteiger partial charge < -0.3 is 9.47 Å². The maximum Gasteiger partial charge on any atom is 0.180 e. The van der Waals surface area contributed by atoms with Crippen LogP contribution in [0.4, 0.5) is 0 Å². The molecule has 7 nitrogen and oxygen atoms in total. The highest BCUT2D eigenvalue weighted by Crippen LogP contribution is 2.65. The van der Waals surface area contributed by atoms with Crippen LogP contribution in [0.3, 0.4) is 0 Å². The third kappa shape index (κ3) is 3.28. The lowest BCUT2D eigenvalue weighted by atomic mass is 9.62. The molecule has 198 valence electrons. The van der Waals surface area contributed by atoms with Crippen molar-refractivity contribution in [2.45, 2.75) is 38.8 Å². The number of Topliss-reactive ketones (excluding diaryl/α,β-unsaturated/α-hetero) is 3. The molecule has 2 aliphatic heterocycles. The number of benzene rings is 3. The average Bonchev–Trinajstić information content (AvgIpc) is 3.37. The SMILES string of the molecule is COc1ccc(C2C(C(=O)C(C)(C)C)N3N=Cc4ccccc4C3C23C(=O)c2ccccc2C3=O)cc1OC. The molecular formula is C32H30N2O5. The maximum absolute atomic E-state index is 14.7. The van der Waals surface area contributed by atoms with Gasteiger partial charge in [-0.25, -0.2) is 0 Å². The van der Waals surface area contributed by atoms with Gasteiger partial charge in [-0.05, 0) is 28.8 Å². The number of fused-ring (bicyclic) bond motifs is 5. The summed E-state index contributed by atoms with van der Waals surface area (Å²) in [7, 11) is 3.09. The summed E-state index contributed by atoms with van der Waals surface area (Å²) in [6.45, 7) is 5.57. The molecule has 3 aromatic rings. The van der Waals surface area contributed by atoms with Crippen molar-refractivity contribution in [3.63, 3.8) is 0 Å². The van der Waals surface area contributed by atoms with Crippen LogP contribution in [0.5, 0.6) is 11.5 Å². The highest BCUT2D eigenvalue weighted by Gasteiger charge is 2.73. The number of carbonyl (C=O) groups is 3. The van der Waals surface area contributed by atoms with Crippen molar-refractivity contribution in [1.82, 2.24) is 5.01 Å². The average molecular weight is 523 g/mol. The molecule has 0 N–H and O–H groups in total. The Bertz CT molecular complexity index is 1530. The fourth-order valence-corrected chi connectivity index (χ4v) is 6.64. The number of ether oxygens (including phenoxy) is 2. The van der Waals surface area contributed by atoms with Crippen molar-refractivity contribution in [2.75, 3.05) is 14.2 Å². The van der Waals surface area contributed by atoms with Crippen LogP contribution in [-0.4, -0.2) is 48.8 Å². The van der Waals surface area contributed by atoms with Gasteiger partial charge in [0.25, 0.3) is 0 Å². The number of nitrogens with zero attached hydrogens (tertiary/aromatic N) is 2. The lowest BCUT2D eigenvalue weighted by Crippen LogP contribution is -2.45. The van der Waals surface area contributed by atoms with Crippen molar-refractivity contribution in [3.05, 3.63) is 94.5 Å². The summed E-state index contributed by atoms with van der Waals surface area (Å²) in [5.41, 5.74) is 0.656. The summed E-state index contributed by atoms with van der Waals surface area (Å²) >= 11 is 0. The third-order valence-electron chi connectivity index (χ3n) is 8.35. The minimum atomic E-state index is -1.61. The summed E-state index contributed by atoms with van der Waals surface area (Å²) in [5, 5.41) is 6.50. The zero-order valence-electron chi connectivity index (χ0n) is 22.6. The predicted octanol–water partition coefficient (Wildman–Crippen LogP) is 5.24. The van der Waals surface area contributed by atoms with Crippen LogP contribution < -0.4 is 9.47 Å². The molecule has 2 heterocycles. The van der Waals surface area contributed by atoms with E-state index in [1.807, 2.05) is 51.1 Å². The van der Waals surface area contributed by atoms with E-state index in [0.29, 0.717) is 28.2 Å². The van der Waals surface area contributed by atoms with E-state index in [4.69, 9.17) is 14.6 Å². The minimum Gasteiger partial charge on any atom is -0.493 e. The van der Waals surface area contributed by atoms with Gasteiger partial charge in [-0.3, -0.25) is 19.4 Å². The summed E-state index contributed by atoms with van der Waals surface area (Å²) in [4.78, 5) is 43.7. The Balaban J connectivity index is 1.71. The van der Waals surface area contributed by atoms with E-state index >= 15 is 0 Å². The summed E-state index contributed by atoms with van der Waals surface area (Å²) < 4.78 is 11.1. The topological polar surface area (TPSA) is 85.3 Å². The molecule has 1 spiro atoms. The summed E-state index contributed by atoms with van der Waals surface area (Å²) in [6.07, 6.45) is 1.72. The van der Waals surface area contributed by atoms with Gasteiger partial charge in [0.05, 0.1) is 26.5 Å². The van der Waals surface area contributed by atoms with Gasteiger partial charge in [0.15, 0.2) is 28.8 Å². The fourth-order valence-electron chi connectivity index (χ4n) is 6.64. The molecule has 1 aliphatic carbocycles. The van der Waals surface area contributed by atoms with E-state index in [2.05, 4.69) is 0 Å². The number of hydrazone groups is 1. The number of ketones is 3. The van der Waals surface area contributed by atoms with Gasteiger partial charge in [-0.2, -0.15) is 5.10 Å². The molecular weight excluding hydrogens is 492 g/mol. The van der Waals surface area contributed by atoms with Gasteiger partial charge in [-0.1, -0.05) is 75.4 Å². The number of hydrogen-bond acceptors (Lipinski definition) is 7. The molecule has 3 aromatic carbocycles. The van der Waals surface area contributed by atoms with Crippen molar-refractivity contribution < 1.29 is 23.9 Å². The molecule has 0 amide bonds. The second-order valence-corrected chi connectivity index (χ2v) is 11.4. The van der Waals surface area contributed by atoms with E-state index in [1.165, 1.54) is 7.11 Å². The van der Waals surface area contributed by atoms with Crippen molar-refractivity contribution in [2.24, 2.45) is 15.9 Å². The largest absolute Gasteiger partial charge is 0.493 e. The second kappa shape index (κ2) is 8.63. The van der Waals surface area contributed by atoms with Gasteiger partial charge in [0.2, 0.25) is 0 Å². The lowest BCUT2D eigenvalue weighted by molar-refractivity contribution is -0.131. The standard InChI is InChI=1S/C32H30N2O5/c1-31(2,3)30(37)26-25(18-14-15-23(38-4)24(16-18)39-5)32(28(35)21-12-8-9-13-22(21)29(32)36)27-20-11-7-6-10-19(20)17-33-34(26)27/h6-17,25-27H,1-5H3. The van der Waals surface area contributed by atoms with E-state index in [0.717, 1.165) is 11.1 Å². The van der Waals surface area contributed by atoms with Gasteiger partial charge in [-0.15, -0.1) is 0 Å². The van der Waals surface area contributed by atoms with E-state index < -0.39 is 28.8 Å². The smallest absolute Gasteiger partial charge is 0.180 e. The summed E-state index contributed by atoms with van der Waals surface area (Å²) in [6, 6.07) is 18.3. The van der Waals surface area contributed by atoms with E-state index in [1.54, 1.807) is 54.7 Å².